The first-order valence-electron chi connectivity index (χ1n) is 4.78. The molecule has 0 heterocycles. The highest BCUT2D eigenvalue weighted by Crippen LogP contribution is 1.92. The number of hydrogen-bond donors (Lipinski definition) is 2. The van der Waals surface area contributed by atoms with E-state index in [1.807, 2.05) is 11.8 Å². The van der Waals surface area contributed by atoms with Crippen molar-refractivity contribution in [3.63, 3.8) is 0 Å². The molecular formula is C9H21N3S. The van der Waals surface area contributed by atoms with Crippen LogP contribution in [0.5, 0.6) is 0 Å². The third-order valence-electron chi connectivity index (χ3n) is 1.58. The van der Waals surface area contributed by atoms with Crippen molar-refractivity contribution in [2.75, 3.05) is 32.1 Å². The Balaban J connectivity index is 3.38. The molecule has 0 atom stereocenters. The van der Waals surface area contributed by atoms with Crippen LogP contribution in [0.25, 0.3) is 0 Å². The van der Waals surface area contributed by atoms with E-state index in [0.29, 0.717) is 0 Å². The van der Waals surface area contributed by atoms with Gasteiger partial charge in [-0.2, -0.15) is 11.8 Å². The van der Waals surface area contributed by atoms with Crippen molar-refractivity contribution in [1.82, 2.24) is 10.6 Å². The predicted molar refractivity (Wildman–Crippen MR) is 62.7 cm³/mol. The smallest absolute Gasteiger partial charge is 0.190 e. The Hall–Kier alpha value is -0.380. The van der Waals surface area contributed by atoms with Crippen LogP contribution >= 0.6 is 11.8 Å². The molecule has 0 saturated carbocycles. The molecule has 0 aromatic heterocycles. The van der Waals surface area contributed by atoms with E-state index in [9.17, 15) is 0 Å². The van der Waals surface area contributed by atoms with Gasteiger partial charge in [-0.15, -0.1) is 0 Å². The zero-order chi connectivity index (χ0) is 9.94. The van der Waals surface area contributed by atoms with Crippen molar-refractivity contribution in [2.45, 2.75) is 19.8 Å². The van der Waals surface area contributed by atoms with Crippen LogP contribution in [0.3, 0.4) is 0 Å². The molecule has 0 amide bonds. The Morgan fingerprint density at radius 3 is 2.54 bits per heavy atom. The summed E-state index contributed by atoms with van der Waals surface area (Å²) in [6, 6.07) is 0. The average Bonchev–Trinajstić information content (AvgIpc) is 2.17. The van der Waals surface area contributed by atoms with Crippen molar-refractivity contribution in [1.29, 1.82) is 0 Å². The molecule has 0 aromatic carbocycles. The van der Waals surface area contributed by atoms with E-state index < -0.39 is 0 Å². The molecule has 0 unspecified atom stereocenters. The summed E-state index contributed by atoms with van der Waals surface area (Å²) in [6.45, 7) is 4.14. The second kappa shape index (κ2) is 9.71. The normalized spacial score (nSPS) is 11.5. The van der Waals surface area contributed by atoms with E-state index >= 15 is 0 Å². The van der Waals surface area contributed by atoms with Crippen molar-refractivity contribution < 1.29 is 0 Å². The summed E-state index contributed by atoms with van der Waals surface area (Å²) in [6.07, 6.45) is 4.45. The van der Waals surface area contributed by atoms with Crippen LogP contribution in [-0.4, -0.2) is 38.1 Å². The quantitative estimate of drug-likeness (QED) is 0.388. The van der Waals surface area contributed by atoms with E-state index in [-0.39, 0.29) is 0 Å². The molecule has 0 aliphatic heterocycles. The monoisotopic (exact) mass is 203 g/mol. The molecule has 0 aromatic rings. The Bertz CT molecular complexity index is 137. The first-order chi connectivity index (χ1) is 6.35. The fraction of sp³-hybridized carbons (Fsp3) is 0.889. The van der Waals surface area contributed by atoms with Crippen LogP contribution in [0.1, 0.15) is 19.8 Å². The number of nitrogens with one attached hydrogen (secondary N) is 2. The Morgan fingerprint density at radius 2 is 2.00 bits per heavy atom. The number of nitrogens with zero attached hydrogens (tertiary/aromatic N) is 1. The summed E-state index contributed by atoms with van der Waals surface area (Å²) in [4.78, 5) is 4.11. The molecule has 0 radical (unpaired) electrons. The summed E-state index contributed by atoms with van der Waals surface area (Å²) in [5.74, 6) is 2.13. The molecule has 0 aliphatic rings. The number of rotatable bonds is 6. The highest BCUT2D eigenvalue weighted by atomic mass is 32.2. The predicted octanol–water partition coefficient (Wildman–Crippen LogP) is 1.31. The summed E-state index contributed by atoms with van der Waals surface area (Å²) in [7, 11) is 1.81. The van der Waals surface area contributed by atoms with Gasteiger partial charge in [0.05, 0.1) is 0 Å². The Labute approximate surface area is 85.8 Å². The standard InChI is InChI=1S/C9H21N3S/c1-4-6-11-9(10-2)12-7-5-8-13-3/h4-8H2,1-3H3,(H2,10,11,12). The van der Waals surface area contributed by atoms with Gasteiger partial charge in [0, 0.05) is 20.1 Å². The number of hydrogen-bond acceptors (Lipinski definition) is 2. The Morgan fingerprint density at radius 1 is 1.31 bits per heavy atom. The molecule has 0 spiro atoms. The molecule has 4 heteroatoms. The van der Waals surface area contributed by atoms with E-state index in [4.69, 9.17) is 0 Å². The molecule has 0 rings (SSSR count). The first kappa shape index (κ1) is 12.6. The SMILES string of the molecule is CCCNC(=NC)NCCCSC. The summed E-state index contributed by atoms with van der Waals surface area (Å²) in [5, 5.41) is 6.49. The van der Waals surface area contributed by atoms with E-state index in [1.165, 1.54) is 12.2 Å². The van der Waals surface area contributed by atoms with E-state index in [1.54, 1.807) is 7.05 Å². The first-order valence-corrected chi connectivity index (χ1v) is 6.18. The summed E-state index contributed by atoms with van der Waals surface area (Å²) >= 11 is 1.88. The van der Waals surface area contributed by atoms with Crippen LogP contribution in [-0.2, 0) is 0 Å². The van der Waals surface area contributed by atoms with Crippen LogP contribution < -0.4 is 10.6 Å². The van der Waals surface area contributed by atoms with Gasteiger partial charge in [-0.25, -0.2) is 0 Å². The van der Waals surface area contributed by atoms with Gasteiger partial charge in [0.15, 0.2) is 5.96 Å². The van der Waals surface area contributed by atoms with Gasteiger partial charge in [-0.1, -0.05) is 6.92 Å². The lowest BCUT2D eigenvalue weighted by Crippen LogP contribution is -2.38. The molecule has 0 fully saturated rings. The van der Waals surface area contributed by atoms with Crippen molar-refractivity contribution in [3.05, 3.63) is 0 Å². The maximum atomic E-state index is 4.11. The molecule has 0 saturated heterocycles. The van der Waals surface area contributed by atoms with Gasteiger partial charge in [0.2, 0.25) is 0 Å². The fourth-order valence-corrected chi connectivity index (χ4v) is 1.32. The van der Waals surface area contributed by atoms with Crippen LogP contribution in [0.15, 0.2) is 4.99 Å². The van der Waals surface area contributed by atoms with Gasteiger partial charge < -0.3 is 10.6 Å². The molecule has 0 aliphatic carbocycles. The van der Waals surface area contributed by atoms with Gasteiger partial charge in [-0.3, -0.25) is 4.99 Å². The maximum Gasteiger partial charge on any atom is 0.190 e. The van der Waals surface area contributed by atoms with E-state index in [2.05, 4.69) is 28.8 Å². The number of aliphatic imine (C=N–C) groups is 1. The van der Waals surface area contributed by atoms with Crippen LogP contribution in [0, 0.1) is 0 Å². The fourth-order valence-electron chi connectivity index (χ4n) is 0.887. The van der Waals surface area contributed by atoms with Crippen LogP contribution in [0.4, 0.5) is 0 Å². The molecule has 2 N–H and O–H groups in total. The highest BCUT2D eigenvalue weighted by molar-refractivity contribution is 7.98. The highest BCUT2D eigenvalue weighted by Gasteiger charge is 1.93. The van der Waals surface area contributed by atoms with Gasteiger partial charge in [-0.05, 0) is 24.9 Å². The molecule has 3 nitrogen and oxygen atoms in total. The summed E-state index contributed by atoms with van der Waals surface area (Å²) < 4.78 is 0. The largest absolute Gasteiger partial charge is 0.356 e. The lowest BCUT2D eigenvalue weighted by atomic mass is 10.4. The second-order valence-electron chi connectivity index (χ2n) is 2.77. The third kappa shape index (κ3) is 7.96. The number of guanidine groups is 1. The second-order valence-corrected chi connectivity index (χ2v) is 3.76. The number of thioether (sulfide) groups is 1. The minimum Gasteiger partial charge on any atom is -0.356 e. The molecule has 0 bridgehead atoms. The maximum absolute atomic E-state index is 4.11. The van der Waals surface area contributed by atoms with E-state index in [0.717, 1.165) is 25.5 Å². The van der Waals surface area contributed by atoms with Crippen molar-refractivity contribution >= 4 is 17.7 Å². The van der Waals surface area contributed by atoms with Gasteiger partial charge in [0.1, 0.15) is 0 Å². The minimum atomic E-state index is 0.919. The van der Waals surface area contributed by atoms with Gasteiger partial charge in [0.25, 0.3) is 0 Å². The zero-order valence-electron chi connectivity index (χ0n) is 8.89. The van der Waals surface area contributed by atoms with Crippen molar-refractivity contribution in [3.8, 4) is 0 Å². The Kier molecular flexibility index (Phi) is 9.42. The third-order valence-corrected chi connectivity index (χ3v) is 2.28. The topological polar surface area (TPSA) is 36.4 Å². The minimum absolute atomic E-state index is 0.919. The average molecular weight is 203 g/mol. The zero-order valence-corrected chi connectivity index (χ0v) is 9.71. The van der Waals surface area contributed by atoms with Crippen molar-refractivity contribution in [2.24, 2.45) is 4.99 Å². The molecule has 78 valence electrons. The molecular weight excluding hydrogens is 182 g/mol. The lowest BCUT2D eigenvalue weighted by Gasteiger charge is -2.10. The van der Waals surface area contributed by atoms with Gasteiger partial charge >= 0.3 is 0 Å². The summed E-state index contributed by atoms with van der Waals surface area (Å²) in [5.41, 5.74) is 0. The molecule has 13 heavy (non-hydrogen) atoms. The van der Waals surface area contributed by atoms with Crippen LogP contribution in [0.2, 0.25) is 0 Å². The lowest BCUT2D eigenvalue weighted by molar-refractivity contribution is 0.768.